The van der Waals surface area contributed by atoms with Gasteiger partial charge < -0.3 is 9.73 Å². The van der Waals surface area contributed by atoms with Crippen LogP contribution in [0.3, 0.4) is 0 Å². The Morgan fingerprint density at radius 2 is 2.41 bits per heavy atom. The predicted octanol–water partition coefficient (Wildman–Crippen LogP) is 4.85. The first-order valence-corrected chi connectivity index (χ1v) is 7.42. The molecule has 0 amide bonds. The van der Waals surface area contributed by atoms with Crippen LogP contribution in [-0.2, 0) is 0 Å². The Bertz CT molecular complexity index is 449. The maximum atomic E-state index is 6.08. The molecule has 0 spiro atoms. The fraction of sp³-hybridized carbons (Fsp3) is 0.333. The summed E-state index contributed by atoms with van der Waals surface area (Å²) >= 11 is 11.1. The van der Waals surface area contributed by atoms with E-state index >= 15 is 0 Å². The first-order chi connectivity index (χ1) is 8.22. The second-order valence-corrected chi connectivity index (χ2v) is 6.21. The zero-order valence-electron chi connectivity index (χ0n) is 9.37. The third kappa shape index (κ3) is 3.13. The summed E-state index contributed by atoms with van der Waals surface area (Å²) in [6.07, 6.45) is 2.78. The van der Waals surface area contributed by atoms with Gasteiger partial charge in [-0.1, -0.05) is 18.5 Å². The summed E-state index contributed by atoms with van der Waals surface area (Å²) in [7, 11) is 0. The van der Waals surface area contributed by atoms with Crippen LogP contribution in [0.15, 0.2) is 33.4 Å². The lowest BCUT2D eigenvalue weighted by Crippen LogP contribution is -2.21. The van der Waals surface area contributed by atoms with E-state index in [2.05, 4.69) is 28.2 Å². The molecule has 5 heteroatoms. The number of nitrogens with one attached hydrogen (secondary N) is 1. The largest absolute Gasteiger partial charge is 0.467 e. The highest BCUT2D eigenvalue weighted by molar-refractivity contribution is 9.10. The molecule has 0 saturated carbocycles. The maximum Gasteiger partial charge on any atom is 0.126 e. The zero-order valence-corrected chi connectivity index (χ0v) is 12.5. The van der Waals surface area contributed by atoms with E-state index in [1.165, 1.54) is 0 Å². The molecule has 17 heavy (non-hydrogen) atoms. The van der Waals surface area contributed by atoms with Gasteiger partial charge in [-0.3, -0.25) is 0 Å². The van der Waals surface area contributed by atoms with Gasteiger partial charge in [0.25, 0.3) is 0 Å². The lowest BCUT2D eigenvalue weighted by atomic mass is 10.2. The van der Waals surface area contributed by atoms with E-state index in [1.54, 1.807) is 17.6 Å². The van der Waals surface area contributed by atoms with Crippen LogP contribution in [0, 0.1) is 0 Å². The van der Waals surface area contributed by atoms with Gasteiger partial charge in [0.15, 0.2) is 0 Å². The Hall–Kier alpha value is -0.290. The van der Waals surface area contributed by atoms with E-state index in [0.29, 0.717) is 0 Å². The molecule has 0 aliphatic rings. The second kappa shape index (κ2) is 6.05. The van der Waals surface area contributed by atoms with Crippen LogP contribution in [0.4, 0.5) is 0 Å². The molecule has 0 aromatic carbocycles. The van der Waals surface area contributed by atoms with Gasteiger partial charge in [0, 0.05) is 9.35 Å². The van der Waals surface area contributed by atoms with Crippen molar-refractivity contribution in [3.05, 3.63) is 43.9 Å². The zero-order chi connectivity index (χ0) is 12.3. The summed E-state index contributed by atoms with van der Waals surface area (Å²) in [6.45, 7) is 3.09. The summed E-state index contributed by atoms with van der Waals surface area (Å²) in [6, 6.07) is 6.01. The molecule has 0 radical (unpaired) electrons. The topological polar surface area (TPSA) is 25.2 Å². The monoisotopic (exact) mass is 333 g/mol. The Balaban J connectivity index is 2.26. The van der Waals surface area contributed by atoms with E-state index in [9.17, 15) is 0 Å². The van der Waals surface area contributed by atoms with Crippen molar-refractivity contribution in [2.24, 2.45) is 0 Å². The van der Waals surface area contributed by atoms with Crippen LogP contribution in [0.5, 0.6) is 0 Å². The molecule has 1 atom stereocenters. The SMILES string of the molecule is CCCNC(c1ccco1)c1cc(Br)c(Cl)s1. The molecule has 2 rings (SSSR count). The number of rotatable bonds is 5. The Morgan fingerprint density at radius 1 is 1.59 bits per heavy atom. The molecule has 0 fully saturated rings. The number of thiophene rings is 1. The van der Waals surface area contributed by atoms with Crippen molar-refractivity contribution in [1.82, 2.24) is 5.32 Å². The van der Waals surface area contributed by atoms with E-state index in [-0.39, 0.29) is 6.04 Å². The molecule has 2 aromatic rings. The minimum absolute atomic E-state index is 0.0822. The van der Waals surface area contributed by atoms with Crippen molar-refractivity contribution in [1.29, 1.82) is 0 Å². The average Bonchev–Trinajstić information content (AvgIpc) is 2.92. The highest BCUT2D eigenvalue weighted by atomic mass is 79.9. The van der Waals surface area contributed by atoms with Crippen molar-refractivity contribution >= 4 is 38.9 Å². The van der Waals surface area contributed by atoms with Gasteiger partial charge in [0.1, 0.15) is 16.1 Å². The van der Waals surface area contributed by atoms with Crippen molar-refractivity contribution in [2.45, 2.75) is 19.4 Å². The molecule has 0 saturated heterocycles. The molecule has 0 aliphatic carbocycles. The predicted molar refractivity (Wildman–Crippen MR) is 75.9 cm³/mol. The van der Waals surface area contributed by atoms with Crippen LogP contribution in [-0.4, -0.2) is 6.54 Å². The van der Waals surface area contributed by atoms with Crippen LogP contribution in [0.2, 0.25) is 4.34 Å². The molecular weight excluding hydrogens is 322 g/mol. The highest BCUT2D eigenvalue weighted by Crippen LogP contribution is 2.37. The summed E-state index contributed by atoms with van der Waals surface area (Å²) in [5.41, 5.74) is 0. The van der Waals surface area contributed by atoms with Crippen molar-refractivity contribution < 1.29 is 4.42 Å². The Morgan fingerprint density at radius 3 is 2.94 bits per heavy atom. The standard InChI is InChI=1S/C12H13BrClNOS/c1-2-5-15-11(9-4-3-6-16-9)10-7-8(13)12(14)17-10/h3-4,6-7,11,15H,2,5H2,1H3. The number of halogens is 2. The van der Waals surface area contributed by atoms with Crippen LogP contribution in [0.25, 0.3) is 0 Å². The summed E-state index contributed by atoms with van der Waals surface area (Å²) < 4.78 is 7.19. The normalized spacial score (nSPS) is 12.9. The summed E-state index contributed by atoms with van der Waals surface area (Å²) in [4.78, 5) is 1.16. The third-order valence-corrected chi connectivity index (χ3v) is 4.91. The lowest BCUT2D eigenvalue weighted by Gasteiger charge is -2.14. The van der Waals surface area contributed by atoms with Gasteiger partial charge in [-0.15, -0.1) is 11.3 Å². The molecule has 1 N–H and O–H groups in total. The van der Waals surface area contributed by atoms with Gasteiger partial charge >= 0.3 is 0 Å². The minimum Gasteiger partial charge on any atom is -0.467 e. The quantitative estimate of drug-likeness (QED) is 0.846. The van der Waals surface area contributed by atoms with Crippen molar-refractivity contribution in [3.63, 3.8) is 0 Å². The molecule has 2 nitrogen and oxygen atoms in total. The molecule has 0 bridgehead atoms. The van der Waals surface area contributed by atoms with Crippen molar-refractivity contribution in [2.75, 3.05) is 6.54 Å². The van der Waals surface area contributed by atoms with Gasteiger partial charge in [-0.2, -0.15) is 0 Å². The van der Waals surface area contributed by atoms with Crippen molar-refractivity contribution in [3.8, 4) is 0 Å². The summed E-state index contributed by atoms with van der Waals surface area (Å²) in [5.74, 6) is 0.920. The minimum atomic E-state index is 0.0822. The van der Waals surface area contributed by atoms with Crippen LogP contribution < -0.4 is 5.32 Å². The van der Waals surface area contributed by atoms with Gasteiger partial charge in [0.05, 0.1) is 6.26 Å². The molecule has 1 unspecified atom stereocenters. The number of furan rings is 1. The molecule has 2 heterocycles. The lowest BCUT2D eigenvalue weighted by molar-refractivity contribution is 0.450. The number of hydrogen-bond donors (Lipinski definition) is 1. The highest BCUT2D eigenvalue weighted by Gasteiger charge is 2.19. The Kier molecular flexibility index (Phi) is 4.68. The van der Waals surface area contributed by atoms with Crippen LogP contribution in [0.1, 0.15) is 30.0 Å². The second-order valence-electron chi connectivity index (χ2n) is 3.67. The first kappa shape index (κ1) is 13.1. The van der Waals surface area contributed by atoms with E-state index in [1.807, 2.05) is 18.2 Å². The first-order valence-electron chi connectivity index (χ1n) is 5.44. The Labute approximate surface area is 118 Å². The fourth-order valence-corrected chi connectivity index (χ4v) is 3.41. The molecule has 2 aromatic heterocycles. The average molecular weight is 335 g/mol. The van der Waals surface area contributed by atoms with Gasteiger partial charge in [-0.25, -0.2) is 0 Å². The number of hydrogen-bond acceptors (Lipinski definition) is 3. The fourth-order valence-electron chi connectivity index (χ4n) is 1.59. The molecule has 92 valence electrons. The van der Waals surface area contributed by atoms with E-state index < -0.39 is 0 Å². The van der Waals surface area contributed by atoms with E-state index in [0.717, 1.165) is 32.4 Å². The maximum absolute atomic E-state index is 6.08. The smallest absolute Gasteiger partial charge is 0.126 e. The van der Waals surface area contributed by atoms with Gasteiger partial charge in [0.2, 0.25) is 0 Å². The third-order valence-electron chi connectivity index (χ3n) is 2.37. The molecular formula is C12H13BrClNOS. The van der Waals surface area contributed by atoms with E-state index in [4.69, 9.17) is 16.0 Å². The summed E-state index contributed by atoms with van der Waals surface area (Å²) in [5, 5.41) is 3.47. The van der Waals surface area contributed by atoms with Crippen LogP contribution >= 0.6 is 38.9 Å². The molecule has 0 aliphatic heterocycles. The van der Waals surface area contributed by atoms with Gasteiger partial charge in [-0.05, 0) is 47.1 Å².